The maximum Gasteiger partial charge on any atom is 0.189 e. The zero-order chi connectivity index (χ0) is 14.7. The molecule has 1 unspecified atom stereocenters. The zero-order valence-corrected chi connectivity index (χ0v) is 12.1. The van der Waals surface area contributed by atoms with Gasteiger partial charge in [0, 0.05) is 19.3 Å². The summed E-state index contributed by atoms with van der Waals surface area (Å²) in [6.07, 6.45) is 1.70. The van der Waals surface area contributed by atoms with Crippen molar-refractivity contribution in [2.45, 2.75) is 12.5 Å². The predicted molar refractivity (Wildman–Crippen MR) is 83.2 cm³/mol. The molecule has 2 heterocycles. The van der Waals surface area contributed by atoms with Crippen molar-refractivity contribution in [1.29, 1.82) is 0 Å². The monoisotopic (exact) mass is 281 g/mol. The molecule has 3 rings (SSSR count). The molecule has 1 atom stereocenters. The Labute approximate surface area is 124 Å². The summed E-state index contributed by atoms with van der Waals surface area (Å²) in [5.74, 6) is 0.690. The van der Waals surface area contributed by atoms with Crippen LogP contribution in [0.4, 0.5) is 0 Å². The lowest BCUT2D eigenvalue weighted by atomic mass is 9.88. The summed E-state index contributed by atoms with van der Waals surface area (Å²) in [6, 6.07) is 15.2. The highest BCUT2D eigenvalue weighted by atomic mass is 16.3. The first-order chi connectivity index (χ1) is 10.3. The van der Waals surface area contributed by atoms with Gasteiger partial charge >= 0.3 is 0 Å². The number of pyridine rings is 1. The lowest BCUT2D eigenvalue weighted by molar-refractivity contribution is 0.136. The standard InChI is InChI=1S/C17H19N3O/c1-2-20-13-12-19-16(20)17(21,14-8-4-3-5-9-14)15-10-6-7-11-18-15/h3-11,21H,2,12-13H2,1H3. The van der Waals surface area contributed by atoms with Crippen molar-refractivity contribution in [3.8, 4) is 0 Å². The maximum absolute atomic E-state index is 11.5. The summed E-state index contributed by atoms with van der Waals surface area (Å²) in [5.41, 5.74) is 0.104. The van der Waals surface area contributed by atoms with Gasteiger partial charge < -0.3 is 10.0 Å². The van der Waals surface area contributed by atoms with E-state index in [0.717, 1.165) is 18.7 Å². The highest BCUT2D eigenvalue weighted by molar-refractivity contribution is 5.95. The number of aliphatic imine (C=N–C) groups is 1. The molecule has 0 aliphatic carbocycles. The Bertz CT molecular complexity index is 585. The predicted octanol–water partition coefficient (Wildman–Crippen LogP) is 2.05. The average molecular weight is 281 g/mol. The van der Waals surface area contributed by atoms with Gasteiger partial charge in [0.15, 0.2) is 5.60 Å². The second-order valence-electron chi connectivity index (χ2n) is 5.08. The molecule has 0 bridgehead atoms. The summed E-state index contributed by atoms with van der Waals surface area (Å²) >= 11 is 0. The van der Waals surface area contributed by atoms with Crippen LogP contribution in [0.2, 0.25) is 0 Å². The van der Waals surface area contributed by atoms with Crippen LogP contribution in [0.5, 0.6) is 0 Å². The van der Waals surface area contributed by atoms with Gasteiger partial charge in [-0.15, -0.1) is 0 Å². The molecule has 21 heavy (non-hydrogen) atoms. The smallest absolute Gasteiger partial charge is 0.189 e. The largest absolute Gasteiger partial charge is 0.372 e. The number of likely N-dealkylation sites (N-methyl/N-ethyl adjacent to an activating group) is 1. The highest BCUT2D eigenvalue weighted by Gasteiger charge is 2.42. The fraction of sp³-hybridized carbons (Fsp3) is 0.294. The molecule has 108 valence electrons. The summed E-state index contributed by atoms with van der Waals surface area (Å²) in [6.45, 7) is 4.45. The molecule has 1 N–H and O–H groups in total. The summed E-state index contributed by atoms with van der Waals surface area (Å²) < 4.78 is 0. The number of aromatic nitrogens is 1. The molecule has 1 aliphatic heterocycles. The SMILES string of the molecule is CCN1CCN=C1C(O)(c1ccccc1)c1ccccn1. The molecule has 2 aromatic rings. The van der Waals surface area contributed by atoms with Crippen molar-refractivity contribution < 1.29 is 5.11 Å². The molecule has 1 aliphatic rings. The van der Waals surface area contributed by atoms with Crippen LogP contribution < -0.4 is 0 Å². The van der Waals surface area contributed by atoms with E-state index < -0.39 is 5.60 Å². The number of amidine groups is 1. The fourth-order valence-corrected chi connectivity index (χ4v) is 2.78. The number of nitrogens with zero attached hydrogens (tertiary/aromatic N) is 3. The molecule has 0 radical (unpaired) electrons. The lowest BCUT2D eigenvalue weighted by Crippen LogP contribution is -2.46. The van der Waals surface area contributed by atoms with Gasteiger partial charge in [0.25, 0.3) is 0 Å². The van der Waals surface area contributed by atoms with Gasteiger partial charge in [0.05, 0.1) is 12.2 Å². The van der Waals surface area contributed by atoms with E-state index in [1.807, 2.05) is 48.5 Å². The average Bonchev–Trinajstić information content (AvgIpc) is 3.05. The Morgan fingerprint density at radius 2 is 1.90 bits per heavy atom. The van der Waals surface area contributed by atoms with Crippen LogP contribution in [0.3, 0.4) is 0 Å². The van der Waals surface area contributed by atoms with Crippen LogP contribution >= 0.6 is 0 Å². The van der Waals surface area contributed by atoms with E-state index in [1.165, 1.54) is 0 Å². The third-order valence-electron chi connectivity index (χ3n) is 3.86. The minimum absolute atomic E-state index is 0.607. The van der Waals surface area contributed by atoms with Crippen LogP contribution in [0.25, 0.3) is 0 Å². The molecule has 4 heteroatoms. The van der Waals surface area contributed by atoms with Crippen LogP contribution in [0.15, 0.2) is 59.7 Å². The summed E-state index contributed by atoms with van der Waals surface area (Å²) in [4.78, 5) is 11.1. The molecule has 0 saturated heterocycles. The Morgan fingerprint density at radius 3 is 2.57 bits per heavy atom. The number of aliphatic hydroxyl groups is 1. The van der Waals surface area contributed by atoms with Gasteiger partial charge in [-0.1, -0.05) is 36.4 Å². The van der Waals surface area contributed by atoms with Gasteiger partial charge in [0.2, 0.25) is 0 Å². The topological polar surface area (TPSA) is 48.7 Å². The Morgan fingerprint density at radius 1 is 1.14 bits per heavy atom. The lowest BCUT2D eigenvalue weighted by Gasteiger charge is -2.33. The van der Waals surface area contributed by atoms with E-state index >= 15 is 0 Å². The summed E-state index contributed by atoms with van der Waals surface area (Å²) in [5, 5.41) is 11.5. The first-order valence-corrected chi connectivity index (χ1v) is 7.26. The normalized spacial score (nSPS) is 17.4. The van der Waals surface area contributed by atoms with E-state index in [1.54, 1.807) is 6.20 Å². The minimum Gasteiger partial charge on any atom is -0.372 e. The maximum atomic E-state index is 11.5. The quantitative estimate of drug-likeness (QED) is 0.933. The third kappa shape index (κ3) is 2.32. The van der Waals surface area contributed by atoms with Crippen LogP contribution in [0, 0.1) is 0 Å². The summed E-state index contributed by atoms with van der Waals surface area (Å²) in [7, 11) is 0. The van der Waals surface area contributed by atoms with E-state index in [4.69, 9.17) is 0 Å². The van der Waals surface area contributed by atoms with Crippen molar-refractivity contribution in [3.63, 3.8) is 0 Å². The van der Waals surface area contributed by atoms with Crippen molar-refractivity contribution in [1.82, 2.24) is 9.88 Å². The molecule has 0 spiro atoms. The van der Waals surface area contributed by atoms with Gasteiger partial charge in [-0.25, -0.2) is 0 Å². The second kappa shape index (κ2) is 5.66. The van der Waals surface area contributed by atoms with Crippen molar-refractivity contribution >= 4 is 5.84 Å². The molecule has 0 saturated carbocycles. The molecule has 1 aromatic carbocycles. The number of hydrogen-bond acceptors (Lipinski definition) is 4. The minimum atomic E-state index is -1.30. The van der Waals surface area contributed by atoms with E-state index in [2.05, 4.69) is 21.8 Å². The number of hydrogen-bond donors (Lipinski definition) is 1. The Hall–Kier alpha value is -2.20. The zero-order valence-electron chi connectivity index (χ0n) is 12.1. The molecule has 0 amide bonds. The van der Waals surface area contributed by atoms with Crippen LogP contribution in [-0.2, 0) is 5.60 Å². The number of rotatable bonds is 4. The molecule has 1 aromatic heterocycles. The molecule has 0 fully saturated rings. The van der Waals surface area contributed by atoms with Gasteiger partial charge in [0.1, 0.15) is 5.84 Å². The molecule has 4 nitrogen and oxygen atoms in total. The Balaban J connectivity index is 2.16. The van der Waals surface area contributed by atoms with Crippen molar-refractivity contribution in [2.75, 3.05) is 19.6 Å². The van der Waals surface area contributed by atoms with Crippen molar-refractivity contribution in [2.24, 2.45) is 4.99 Å². The van der Waals surface area contributed by atoms with Gasteiger partial charge in [-0.3, -0.25) is 9.98 Å². The second-order valence-corrected chi connectivity index (χ2v) is 5.08. The van der Waals surface area contributed by atoms with E-state index in [-0.39, 0.29) is 0 Å². The first kappa shape index (κ1) is 13.8. The van der Waals surface area contributed by atoms with Gasteiger partial charge in [-0.2, -0.15) is 0 Å². The molecular weight excluding hydrogens is 262 g/mol. The fourth-order valence-electron chi connectivity index (χ4n) is 2.78. The molecular formula is C17H19N3O. The van der Waals surface area contributed by atoms with E-state index in [9.17, 15) is 5.11 Å². The van der Waals surface area contributed by atoms with Gasteiger partial charge in [-0.05, 0) is 24.6 Å². The van der Waals surface area contributed by atoms with E-state index in [0.29, 0.717) is 18.1 Å². The highest BCUT2D eigenvalue weighted by Crippen LogP contribution is 2.32. The Kier molecular flexibility index (Phi) is 3.71. The van der Waals surface area contributed by atoms with Crippen LogP contribution in [-0.4, -0.2) is 40.5 Å². The first-order valence-electron chi connectivity index (χ1n) is 7.26. The number of benzene rings is 1. The van der Waals surface area contributed by atoms with Crippen LogP contribution in [0.1, 0.15) is 18.2 Å². The van der Waals surface area contributed by atoms with Crippen molar-refractivity contribution in [3.05, 3.63) is 66.0 Å². The third-order valence-corrected chi connectivity index (χ3v) is 3.86.